The van der Waals surface area contributed by atoms with Gasteiger partial charge in [0.2, 0.25) is 0 Å². The molecule has 50 heavy (non-hydrogen) atoms. The summed E-state index contributed by atoms with van der Waals surface area (Å²) in [6, 6.07) is 26.0. The number of ether oxygens (including phenoxy) is 1. The molecule has 270 valence electrons. The van der Waals surface area contributed by atoms with Crippen molar-refractivity contribution >= 4 is 35.8 Å². The van der Waals surface area contributed by atoms with Gasteiger partial charge < -0.3 is 29.0 Å². The molecule has 1 aliphatic heterocycles. The molecule has 2 unspecified atom stereocenters. The van der Waals surface area contributed by atoms with Gasteiger partial charge in [0.15, 0.2) is 5.58 Å². The molecule has 8 nitrogen and oxygen atoms in total. The normalized spacial score (nSPS) is 18.8. The zero-order chi connectivity index (χ0) is 35.7. The Kier molecular flexibility index (Phi) is 12.8. The van der Waals surface area contributed by atoms with E-state index in [1.807, 2.05) is 14.1 Å². The van der Waals surface area contributed by atoms with Crippen LogP contribution in [0, 0.1) is 18.8 Å². The summed E-state index contributed by atoms with van der Waals surface area (Å²) in [5, 5.41) is 20.1. The maximum Gasteiger partial charge on any atom is 0.407 e. The van der Waals surface area contributed by atoms with Crippen molar-refractivity contribution in [1.29, 1.82) is 0 Å². The zero-order valence-electron chi connectivity index (χ0n) is 30.9. The van der Waals surface area contributed by atoms with Crippen LogP contribution in [0.4, 0.5) is 4.79 Å². The highest BCUT2D eigenvalue weighted by molar-refractivity contribution is 6.99. The Morgan fingerprint density at radius 3 is 2.12 bits per heavy atom. The van der Waals surface area contributed by atoms with Crippen LogP contribution >= 0.6 is 0 Å². The number of likely N-dealkylation sites (tertiary alicyclic amines) is 1. The Hall–Kier alpha value is -3.66. The maximum absolute atomic E-state index is 11.3. The second kappa shape index (κ2) is 17.0. The molecule has 2 aliphatic rings. The summed E-state index contributed by atoms with van der Waals surface area (Å²) in [7, 11) is 1.08. The fourth-order valence-electron chi connectivity index (χ4n) is 7.89. The predicted molar refractivity (Wildman–Crippen MR) is 204 cm³/mol. The molecule has 6 rings (SSSR count). The van der Waals surface area contributed by atoms with Crippen molar-refractivity contribution < 1.29 is 23.6 Å². The van der Waals surface area contributed by atoms with Crippen LogP contribution in [-0.2, 0) is 10.8 Å². The minimum atomic E-state index is -2.67. The van der Waals surface area contributed by atoms with Gasteiger partial charge in [-0.3, -0.25) is 0 Å². The van der Waals surface area contributed by atoms with E-state index in [2.05, 4.69) is 111 Å². The first-order valence-electron chi connectivity index (χ1n) is 18.4. The molecule has 2 atom stereocenters. The number of hydrogen-bond donors (Lipinski definition) is 2. The van der Waals surface area contributed by atoms with Gasteiger partial charge in [0.25, 0.3) is 8.32 Å². The summed E-state index contributed by atoms with van der Waals surface area (Å²) in [5.41, 5.74) is 2.75. The molecule has 1 saturated carbocycles. The SMILES string of the molecule is CNC.Cc1c(OCC2CCCCC2O[Si](c2ccccc2)(c2ccccc2)C(C)(C)C)ccc2c(CCC3CCN(C(=O)O)CC3)noc12. The first-order chi connectivity index (χ1) is 24.1. The molecule has 9 heteroatoms. The lowest BCUT2D eigenvalue weighted by atomic mass is 9.87. The number of benzene rings is 3. The number of fused-ring (bicyclic) bond motifs is 1. The molecule has 1 saturated heterocycles. The van der Waals surface area contributed by atoms with Crippen molar-refractivity contribution in [2.24, 2.45) is 11.8 Å². The van der Waals surface area contributed by atoms with Gasteiger partial charge in [-0.25, -0.2) is 4.79 Å². The number of hydrogen-bond acceptors (Lipinski definition) is 6. The second-order valence-electron chi connectivity index (χ2n) is 15.1. The summed E-state index contributed by atoms with van der Waals surface area (Å²) < 4.78 is 20.1. The van der Waals surface area contributed by atoms with E-state index in [1.54, 1.807) is 0 Å². The number of piperidine rings is 1. The number of nitrogens with zero attached hydrogens (tertiary/aromatic N) is 2. The van der Waals surface area contributed by atoms with E-state index in [0.29, 0.717) is 31.5 Å². The van der Waals surface area contributed by atoms with Gasteiger partial charge in [-0.15, -0.1) is 0 Å². The van der Waals surface area contributed by atoms with E-state index in [1.165, 1.54) is 28.1 Å². The average molecular weight is 700 g/mol. The molecule has 1 aromatic heterocycles. The monoisotopic (exact) mass is 699 g/mol. The number of aromatic nitrogens is 1. The smallest absolute Gasteiger partial charge is 0.407 e. The van der Waals surface area contributed by atoms with Gasteiger partial charge >= 0.3 is 6.09 Å². The summed E-state index contributed by atoms with van der Waals surface area (Å²) in [4.78, 5) is 12.8. The molecule has 2 heterocycles. The summed E-state index contributed by atoms with van der Waals surface area (Å²) >= 11 is 0. The van der Waals surface area contributed by atoms with Crippen LogP contribution in [0.3, 0.4) is 0 Å². The highest BCUT2D eigenvalue weighted by Gasteiger charge is 2.52. The summed E-state index contributed by atoms with van der Waals surface area (Å²) in [5.74, 6) is 1.64. The minimum Gasteiger partial charge on any atom is -0.493 e. The Bertz CT molecular complexity index is 1610. The van der Waals surface area contributed by atoms with Crippen molar-refractivity contribution in [2.45, 2.75) is 90.2 Å². The third-order valence-corrected chi connectivity index (χ3v) is 15.7. The first kappa shape index (κ1) is 37.6. The van der Waals surface area contributed by atoms with Crippen molar-refractivity contribution in [3.8, 4) is 5.75 Å². The Balaban J connectivity index is 0.00000156. The van der Waals surface area contributed by atoms with Crippen molar-refractivity contribution in [2.75, 3.05) is 33.8 Å². The van der Waals surface area contributed by atoms with Crippen LogP contribution in [0.25, 0.3) is 11.0 Å². The molecule has 4 aromatic rings. The molecule has 2 fully saturated rings. The molecule has 0 bridgehead atoms. The van der Waals surface area contributed by atoms with Gasteiger partial charge in [0, 0.05) is 30.0 Å². The van der Waals surface area contributed by atoms with Crippen LogP contribution in [0.5, 0.6) is 5.75 Å². The third kappa shape index (κ3) is 8.44. The molecule has 1 aliphatic carbocycles. The zero-order valence-corrected chi connectivity index (χ0v) is 31.9. The Morgan fingerprint density at radius 2 is 1.54 bits per heavy atom. The molecule has 0 spiro atoms. The van der Waals surface area contributed by atoms with Gasteiger partial charge in [0.05, 0.1) is 18.4 Å². The quantitative estimate of drug-likeness (QED) is 0.163. The summed E-state index contributed by atoms with van der Waals surface area (Å²) in [6.45, 7) is 10.9. The van der Waals surface area contributed by atoms with Gasteiger partial charge in [-0.2, -0.15) is 0 Å². The Morgan fingerprint density at radius 1 is 0.940 bits per heavy atom. The number of rotatable bonds is 10. The van der Waals surface area contributed by atoms with Crippen LogP contribution in [-0.4, -0.2) is 69.5 Å². The molecule has 3 aromatic carbocycles. The van der Waals surface area contributed by atoms with Gasteiger partial charge in [0.1, 0.15) is 5.75 Å². The second-order valence-corrected chi connectivity index (χ2v) is 19.4. The third-order valence-electron chi connectivity index (χ3n) is 10.6. The predicted octanol–water partition coefficient (Wildman–Crippen LogP) is 7.81. The maximum atomic E-state index is 11.3. The largest absolute Gasteiger partial charge is 0.493 e. The van der Waals surface area contributed by atoms with E-state index in [0.717, 1.165) is 66.5 Å². The fourth-order valence-corrected chi connectivity index (χ4v) is 12.7. The van der Waals surface area contributed by atoms with Crippen LogP contribution in [0.1, 0.15) is 77.0 Å². The van der Waals surface area contributed by atoms with Crippen LogP contribution in [0.15, 0.2) is 77.3 Å². The van der Waals surface area contributed by atoms with E-state index in [-0.39, 0.29) is 11.1 Å². The van der Waals surface area contributed by atoms with Crippen LogP contribution < -0.4 is 20.4 Å². The lowest BCUT2D eigenvalue weighted by Crippen LogP contribution is -2.68. The lowest BCUT2D eigenvalue weighted by molar-refractivity contribution is 0.0534. The summed E-state index contributed by atoms with van der Waals surface area (Å²) in [6.07, 6.45) is 7.40. The van der Waals surface area contributed by atoms with Gasteiger partial charge in [-0.1, -0.05) is 99.4 Å². The molecular formula is C41H57N3O5Si. The number of carboxylic acid groups (broad SMARTS) is 1. The lowest BCUT2D eigenvalue weighted by Gasteiger charge is -2.47. The number of aryl methyl sites for hydroxylation is 2. The van der Waals surface area contributed by atoms with E-state index < -0.39 is 14.4 Å². The molecule has 0 radical (unpaired) electrons. The van der Waals surface area contributed by atoms with Crippen molar-refractivity contribution in [3.63, 3.8) is 0 Å². The highest BCUT2D eigenvalue weighted by atomic mass is 28.4. The van der Waals surface area contributed by atoms with E-state index in [9.17, 15) is 9.90 Å². The average Bonchev–Trinajstić information content (AvgIpc) is 3.54. The van der Waals surface area contributed by atoms with Gasteiger partial charge in [-0.05, 0) is 93.0 Å². The molecule has 1 amide bonds. The Labute approximate surface area is 299 Å². The molecular weight excluding hydrogens is 643 g/mol. The first-order valence-corrected chi connectivity index (χ1v) is 20.4. The fraction of sp³-hybridized carbons (Fsp3) is 0.512. The van der Waals surface area contributed by atoms with Crippen LogP contribution in [0.2, 0.25) is 5.04 Å². The molecule has 2 N–H and O–H groups in total. The number of nitrogens with one attached hydrogen (secondary N) is 1. The van der Waals surface area contributed by atoms with E-state index >= 15 is 0 Å². The standard InChI is InChI=1S/C39H50N2O5Si.C2H7N/c1-28-35(22-20-33-34(40-45-37(28)33)21-19-29-23-25-41(26-24-29)38(42)43)44-27-30-13-11-12-18-36(30)46-47(39(2,3)4,31-14-7-5-8-15-31)32-16-9-6-10-17-32;1-3-2/h5-10,14-17,20,22,29-30,36H,11-13,18-19,21,23-27H2,1-4H3,(H,42,43);3H,1-2H3. The number of carbonyl (C=O) groups is 1. The van der Waals surface area contributed by atoms with E-state index in [4.69, 9.17) is 13.7 Å². The highest BCUT2D eigenvalue weighted by Crippen LogP contribution is 2.41. The van der Waals surface area contributed by atoms with Crippen molar-refractivity contribution in [3.05, 3.63) is 84.1 Å². The minimum absolute atomic E-state index is 0.0695. The van der Waals surface area contributed by atoms with Crippen molar-refractivity contribution in [1.82, 2.24) is 15.4 Å². The topological polar surface area (TPSA) is 97.1 Å². The number of amides is 1.